The second kappa shape index (κ2) is 5.93. The number of allylic oxidation sites excluding steroid dienone is 1. The lowest BCUT2D eigenvalue weighted by molar-refractivity contribution is 0.0992. The molecule has 3 rings (SSSR count). The van der Waals surface area contributed by atoms with Crippen LogP contribution < -0.4 is 0 Å². The van der Waals surface area contributed by atoms with E-state index in [1.54, 1.807) is 36.4 Å². The molecule has 0 saturated carbocycles. The standard InChI is InChI=1S/C17H12O6S/c18-16-12-8-4-5-9-13(12)24(21,22)14(10-23-17(19)20)15(16)11-6-2-1-3-7-11/h1-9H,10H2,(H,19,20). The molecule has 2 aromatic carbocycles. The van der Waals surface area contributed by atoms with Crippen LogP contribution in [0.5, 0.6) is 0 Å². The summed E-state index contributed by atoms with van der Waals surface area (Å²) in [4.78, 5) is 23.0. The Morgan fingerprint density at radius 2 is 1.62 bits per heavy atom. The maximum Gasteiger partial charge on any atom is 0.506 e. The van der Waals surface area contributed by atoms with Crippen molar-refractivity contribution in [3.05, 3.63) is 70.6 Å². The molecule has 1 heterocycles. The van der Waals surface area contributed by atoms with Gasteiger partial charge < -0.3 is 9.84 Å². The van der Waals surface area contributed by atoms with E-state index in [1.165, 1.54) is 18.2 Å². The highest BCUT2D eigenvalue weighted by Crippen LogP contribution is 2.37. The van der Waals surface area contributed by atoms with Gasteiger partial charge in [-0.3, -0.25) is 4.79 Å². The molecule has 0 fully saturated rings. The van der Waals surface area contributed by atoms with E-state index < -0.39 is 28.4 Å². The Bertz CT molecular complexity index is 958. The second-order valence-corrected chi connectivity index (χ2v) is 6.99. The number of carbonyl (C=O) groups excluding carboxylic acids is 1. The molecule has 7 heteroatoms. The minimum atomic E-state index is -4.04. The van der Waals surface area contributed by atoms with Gasteiger partial charge in [0, 0.05) is 11.1 Å². The van der Waals surface area contributed by atoms with Gasteiger partial charge in [0.2, 0.25) is 9.84 Å². The van der Waals surface area contributed by atoms with Crippen LogP contribution in [0.3, 0.4) is 0 Å². The van der Waals surface area contributed by atoms with Crippen LogP contribution in [-0.2, 0) is 14.6 Å². The Morgan fingerprint density at radius 3 is 2.29 bits per heavy atom. The van der Waals surface area contributed by atoms with Gasteiger partial charge in [0.05, 0.1) is 9.80 Å². The van der Waals surface area contributed by atoms with Crippen molar-refractivity contribution in [2.75, 3.05) is 6.61 Å². The molecule has 0 saturated heterocycles. The van der Waals surface area contributed by atoms with Crippen LogP contribution in [0, 0.1) is 0 Å². The summed E-state index contributed by atoms with van der Waals surface area (Å²) in [5.74, 6) is -0.476. The SMILES string of the molecule is O=C(O)OCC1=C(c2ccccc2)C(=O)c2ccccc2S1(=O)=O. The highest BCUT2D eigenvalue weighted by Gasteiger charge is 2.38. The fraction of sp³-hybridized carbons (Fsp3) is 0.0588. The largest absolute Gasteiger partial charge is 0.506 e. The van der Waals surface area contributed by atoms with Crippen LogP contribution in [0.2, 0.25) is 0 Å². The fourth-order valence-corrected chi connectivity index (χ4v) is 4.26. The van der Waals surface area contributed by atoms with Crippen LogP contribution >= 0.6 is 0 Å². The Hall–Kier alpha value is -2.93. The van der Waals surface area contributed by atoms with Gasteiger partial charge in [0.15, 0.2) is 5.78 Å². The van der Waals surface area contributed by atoms with Gasteiger partial charge in [-0.25, -0.2) is 13.2 Å². The van der Waals surface area contributed by atoms with E-state index >= 15 is 0 Å². The van der Waals surface area contributed by atoms with E-state index in [0.717, 1.165) is 0 Å². The lowest BCUT2D eigenvalue weighted by atomic mass is 9.96. The summed E-state index contributed by atoms with van der Waals surface area (Å²) in [6.07, 6.45) is -1.61. The zero-order valence-electron chi connectivity index (χ0n) is 12.3. The van der Waals surface area contributed by atoms with Crippen molar-refractivity contribution in [1.82, 2.24) is 0 Å². The molecule has 0 radical (unpaired) electrons. The van der Waals surface area contributed by atoms with Gasteiger partial charge >= 0.3 is 6.16 Å². The summed E-state index contributed by atoms with van der Waals surface area (Å²) in [5.41, 5.74) is 0.399. The predicted octanol–water partition coefficient (Wildman–Crippen LogP) is 2.76. The number of hydrogen-bond acceptors (Lipinski definition) is 5. The second-order valence-electron chi connectivity index (χ2n) is 5.05. The highest BCUT2D eigenvalue weighted by molar-refractivity contribution is 7.95. The zero-order valence-corrected chi connectivity index (χ0v) is 13.1. The van der Waals surface area contributed by atoms with Gasteiger partial charge in [0.25, 0.3) is 0 Å². The topological polar surface area (TPSA) is 97.7 Å². The van der Waals surface area contributed by atoms with Crippen molar-refractivity contribution in [1.29, 1.82) is 0 Å². The molecule has 0 unspecified atom stereocenters. The smallest absolute Gasteiger partial charge is 0.450 e. The Balaban J connectivity index is 2.29. The molecule has 0 aromatic heterocycles. The van der Waals surface area contributed by atoms with Crippen LogP contribution in [0.4, 0.5) is 4.79 Å². The zero-order chi connectivity index (χ0) is 17.3. The van der Waals surface area contributed by atoms with Gasteiger partial charge in [-0.1, -0.05) is 42.5 Å². The van der Waals surface area contributed by atoms with Crippen molar-refractivity contribution < 1.29 is 27.9 Å². The Kier molecular flexibility index (Phi) is 3.94. The van der Waals surface area contributed by atoms with Crippen LogP contribution in [0.1, 0.15) is 15.9 Å². The molecule has 2 aromatic rings. The first-order chi connectivity index (χ1) is 11.4. The van der Waals surface area contributed by atoms with Gasteiger partial charge in [0.1, 0.15) is 6.61 Å². The molecular weight excluding hydrogens is 332 g/mol. The molecule has 0 bridgehead atoms. The van der Waals surface area contributed by atoms with Crippen LogP contribution in [-0.4, -0.2) is 32.1 Å². The fourth-order valence-electron chi connectivity index (χ4n) is 2.59. The number of ketones is 1. The molecule has 1 N–H and O–H groups in total. The number of hydrogen-bond donors (Lipinski definition) is 1. The number of carboxylic acid groups (broad SMARTS) is 1. The molecule has 0 spiro atoms. The Morgan fingerprint density at radius 1 is 1.00 bits per heavy atom. The molecule has 122 valence electrons. The molecule has 1 aliphatic heterocycles. The first-order valence-corrected chi connectivity index (χ1v) is 8.44. The predicted molar refractivity (Wildman–Crippen MR) is 85.3 cm³/mol. The average molecular weight is 344 g/mol. The van der Waals surface area contributed by atoms with Crippen molar-refractivity contribution in [3.8, 4) is 0 Å². The van der Waals surface area contributed by atoms with Gasteiger partial charge in [-0.15, -0.1) is 0 Å². The third-order valence-electron chi connectivity index (χ3n) is 3.64. The first kappa shape index (κ1) is 15.9. The van der Waals surface area contributed by atoms with Crippen molar-refractivity contribution >= 4 is 27.3 Å². The van der Waals surface area contributed by atoms with E-state index in [-0.39, 0.29) is 20.9 Å². The highest BCUT2D eigenvalue weighted by atomic mass is 32.2. The normalized spacial score (nSPS) is 15.8. The lowest BCUT2D eigenvalue weighted by Gasteiger charge is -2.22. The van der Waals surface area contributed by atoms with E-state index in [9.17, 15) is 18.0 Å². The molecule has 24 heavy (non-hydrogen) atoms. The van der Waals surface area contributed by atoms with Gasteiger partial charge in [-0.2, -0.15) is 0 Å². The van der Waals surface area contributed by atoms with E-state index in [4.69, 9.17) is 5.11 Å². The Labute approximate surface area is 137 Å². The van der Waals surface area contributed by atoms with Crippen molar-refractivity contribution in [2.45, 2.75) is 4.90 Å². The summed E-state index contributed by atoms with van der Waals surface area (Å²) in [6.45, 7) is -0.720. The number of fused-ring (bicyclic) bond motifs is 1. The van der Waals surface area contributed by atoms with Crippen molar-refractivity contribution in [2.24, 2.45) is 0 Å². The number of carbonyl (C=O) groups is 2. The summed E-state index contributed by atoms with van der Waals surface area (Å²) in [6, 6.07) is 14.1. The van der Waals surface area contributed by atoms with Crippen molar-refractivity contribution in [3.63, 3.8) is 0 Å². The molecule has 0 aliphatic carbocycles. The maximum absolute atomic E-state index is 12.9. The molecule has 0 atom stereocenters. The summed E-state index contributed by atoms with van der Waals surface area (Å²) in [5, 5.41) is 8.71. The minimum Gasteiger partial charge on any atom is -0.450 e. The molecule has 1 aliphatic rings. The first-order valence-electron chi connectivity index (χ1n) is 6.96. The van der Waals surface area contributed by atoms with Crippen LogP contribution in [0.25, 0.3) is 5.57 Å². The number of ether oxygens (including phenoxy) is 1. The molecule has 0 amide bonds. The third kappa shape index (κ3) is 2.59. The van der Waals surface area contributed by atoms with E-state index in [1.807, 2.05) is 0 Å². The molecular formula is C17H12O6S. The van der Waals surface area contributed by atoms with Crippen LogP contribution in [0.15, 0.2) is 64.4 Å². The van der Waals surface area contributed by atoms with E-state index in [2.05, 4.69) is 4.74 Å². The number of Topliss-reactive ketones (excluding diaryl/α,β-unsaturated/α-hetero) is 1. The number of rotatable bonds is 3. The third-order valence-corrected chi connectivity index (χ3v) is 5.55. The van der Waals surface area contributed by atoms with Gasteiger partial charge in [-0.05, 0) is 17.7 Å². The summed E-state index contributed by atoms with van der Waals surface area (Å²) in [7, 11) is -4.04. The van der Waals surface area contributed by atoms with E-state index in [0.29, 0.717) is 5.56 Å². The molecule has 6 nitrogen and oxygen atoms in total. The minimum absolute atomic E-state index is 0.0597. The summed E-state index contributed by atoms with van der Waals surface area (Å²) >= 11 is 0. The average Bonchev–Trinajstić information content (AvgIpc) is 2.57. The maximum atomic E-state index is 12.9. The summed E-state index contributed by atoms with van der Waals surface area (Å²) < 4.78 is 30.2. The quantitative estimate of drug-likeness (QED) is 0.860. The lowest BCUT2D eigenvalue weighted by Crippen LogP contribution is -2.24. The monoisotopic (exact) mass is 344 g/mol. The number of sulfone groups is 1. The number of benzene rings is 2.